The van der Waals surface area contributed by atoms with Gasteiger partial charge in [-0.05, 0) is 68.6 Å². The van der Waals surface area contributed by atoms with E-state index in [1.54, 1.807) is 11.9 Å². The van der Waals surface area contributed by atoms with E-state index in [1.807, 2.05) is 13.8 Å². The fourth-order valence-electron chi connectivity index (χ4n) is 3.42. The van der Waals surface area contributed by atoms with E-state index in [0.29, 0.717) is 10.8 Å². The van der Waals surface area contributed by atoms with Crippen LogP contribution in [0.4, 0.5) is 0 Å². The van der Waals surface area contributed by atoms with Gasteiger partial charge >= 0.3 is 0 Å². The second kappa shape index (κ2) is 6.38. The van der Waals surface area contributed by atoms with E-state index in [-0.39, 0.29) is 0 Å². The number of rotatable bonds is 4. The highest BCUT2D eigenvalue weighted by Crippen LogP contribution is 2.35. The van der Waals surface area contributed by atoms with Crippen LogP contribution in [0.1, 0.15) is 37.1 Å². The largest absolute Gasteiger partial charge is 0.361 e. The third-order valence-corrected chi connectivity index (χ3v) is 5.80. The first-order valence-corrected chi connectivity index (χ1v) is 9.46. The standard InChI is InChI=1S/C17H20N4OS2/c1-9-15(10(2)22-20-9)11-7-13-16(19-17(23)18-13)14(8-11)24-21-12-5-3-4-6-12/h7-8,12,21H,3-6H2,1-2H3,(H2,18,19,23). The number of nitrogens with zero attached hydrogens (tertiary/aromatic N) is 1. The number of nitrogens with one attached hydrogen (secondary N) is 3. The summed E-state index contributed by atoms with van der Waals surface area (Å²) in [6.07, 6.45) is 5.14. The summed E-state index contributed by atoms with van der Waals surface area (Å²) in [7, 11) is 0. The van der Waals surface area contributed by atoms with Crippen molar-refractivity contribution in [2.24, 2.45) is 0 Å². The lowest BCUT2D eigenvalue weighted by molar-refractivity contribution is 0.393. The van der Waals surface area contributed by atoms with E-state index in [0.717, 1.165) is 38.5 Å². The van der Waals surface area contributed by atoms with Crippen molar-refractivity contribution in [3.8, 4) is 11.1 Å². The molecule has 3 N–H and O–H groups in total. The van der Waals surface area contributed by atoms with Crippen LogP contribution in [0.15, 0.2) is 21.6 Å². The summed E-state index contributed by atoms with van der Waals surface area (Å²) in [5.41, 5.74) is 5.11. The Hall–Kier alpha value is -1.57. The number of aromatic nitrogens is 3. The first-order valence-electron chi connectivity index (χ1n) is 8.23. The van der Waals surface area contributed by atoms with E-state index >= 15 is 0 Å². The van der Waals surface area contributed by atoms with E-state index in [4.69, 9.17) is 16.7 Å². The number of hydrogen-bond acceptors (Lipinski definition) is 5. The van der Waals surface area contributed by atoms with Crippen molar-refractivity contribution in [2.75, 3.05) is 0 Å². The Morgan fingerprint density at radius 3 is 2.75 bits per heavy atom. The fourth-order valence-corrected chi connectivity index (χ4v) is 4.61. The first-order chi connectivity index (χ1) is 11.6. The Morgan fingerprint density at radius 2 is 2.04 bits per heavy atom. The number of imidazole rings is 1. The monoisotopic (exact) mass is 360 g/mol. The lowest BCUT2D eigenvalue weighted by Crippen LogP contribution is -2.18. The van der Waals surface area contributed by atoms with Crippen LogP contribution in [0.3, 0.4) is 0 Å². The van der Waals surface area contributed by atoms with Crippen LogP contribution in [0.25, 0.3) is 22.2 Å². The van der Waals surface area contributed by atoms with Crippen molar-refractivity contribution in [3.05, 3.63) is 28.4 Å². The molecule has 1 aliphatic rings. The Bertz CT molecular complexity index is 914. The second-order valence-corrected chi connectivity index (χ2v) is 7.66. The highest BCUT2D eigenvalue weighted by atomic mass is 32.2. The van der Waals surface area contributed by atoms with Gasteiger partial charge in [0.2, 0.25) is 0 Å². The average Bonchev–Trinajstić information content (AvgIpc) is 3.25. The highest BCUT2D eigenvalue weighted by Gasteiger charge is 2.18. The molecule has 0 aliphatic heterocycles. The van der Waals surface area contributed by atoms with Crippen molar-refractivity contribution < 1.29 is 4.52 Å². The van der Waals surface area contributed by atoms with Gasteiger partial charge in [-0.25, -0.2) is 0 Å². The number of benzene rings is 1. The third kappa shape index (κ3) is 2.92. The lowest BCUT2D eigenvalue weighted by atomic mass is 10.0. The highest BCUT2D eigenvalue weighted by molar-refractivity contribution is 7.97. The summed E-state index contributed by atoms with van der Waals surface area (Å²) in [6.45, 7) is 3.92. The Balaban J connectivity index is 1.77. The molecule has 2 aromatic heterocycles. The van der Waals surface area contributed by atoms with E-state index in [2.05, 4.69) is 32.0 Å². The van der Waals surface area contributed by atoms with E-state index in [1.165, 1.54) is 25.7 Å². The number of fused-ring (bicyclic) bond motifs is 1. The Kier molecular flexibility index (Phi) is 4.24. The van der Waals surface area contributed by atoms with Gasteiger partial charge in [0.05, 0.1) is 16.7 Å². The van der Waals surface area contributed by atoms with Crippen molar-refractivity contribution in [3.63, 3.8) is 0 Å². The molecule has 1 fully saturated rings. The molecule has 24 heavy (non-hydrogen) atoms. The smallest absolute Gasteiger partial charge is 0.175 e. The van der Waals surface area contributed by atoms with Gasteiger partial charge in [-0.1, -0.05) is 18.0 Å². The summed E-state index contributed by atoms with van der Waals surface area (Å²) in [6, 6.07) is 4.88. The zero-order valence-electron chi connectivity index (χ0n) is 13.7. The summed E-state index contributed by atoms with van der Waals surface area (Å²) in [5, 5.41) is 4.08. The van der Waals surface area contributed by atoms with Crippen LogP contribution in [-0.2, 0) is 0 Å². The minimum Gasteiger partial charge on any atom is -0.361 e. The molecule has 1 aromatic carbocycles. The van der Waals surface area contributed by atoms with Gasteiger partial charge in [0.15, 0.2) is 4.77 Å². The maximum absolute atomic E-state index is 5.34. The van der Waals surface area contributed by atoms with Crippen molar-refractivity contribution in [1.29, 1.82) is 0 Å². The van der Waals surface area contributed by atoms with E-state index in [9.17, 15) is 0 Å². The fraction of sp³-hybridized carbons (Fsp3) is 0.412. The van der Waals surface area contributed by atoms with Gasteiger partial charge < -0.3 is 14.5 Å². The maximum Gasteiger partial charge on any atom is 0.175 e. The van der Waals surface area contributed by atoms with Gasteiger partial charge in [0.25, 0.3) is 0 Å². The molecule has 5 nitrogen and oxygen atoms in total. The van der Waals surface area contributed by atoms with Crippen LogP contribution >= 0.6 is 24.2 Å². The number of H-pyrrole nitrogens is 2. The maximum atomic E-state index is 5.34. The molecule has 3 aromatic rings. The first kappa shape index (κ1) is 15.9. The molecule has 7 heteroatoms. The predicted molar refractivity (Wildman–Crippen MR) is 99.7 cm³/mol. The summed E-state index contributed by atoms with van der Waals surface area (Å²) in [4.78, 5) is 7.64. The van der Waals surface area contributed by atoms with Gasteiger partial charge in [0, 0.05) is 16.5 Å². The molecule has 0 spiro atoms. The van der Waals surface area contributed by atoms with Crippen molar-refractivity contribution in [2.45, 2.75) is 50.5 Å². The Morgan fingerprint density at radius 1 is 1.25 bits per heavy atom. The number of aromatic amines is 2. The molecule has 0 bridgehead atoms. The molecule has 1 aliphatic carbocycles. The second-order valence-electron chi connectivity index (χ2n) is 6.38. The lowest BCUT2D eigenvalue weighted by Gasteiger charge is -2.12. The average molecular weight is 361 g/mol. The minimum absolute atomic E-state index is 0.592. The minimum atomic E-state index is 0.592. The van der Waals surface area contributed by atoms with Crippen LogP contribution in [0, 0.1) is 18.6 Å². The van der Waals surface area contributed by atoms with Gasteiger partial charge in [-0.15, -0.1) is 0 Å². The topological polar surface area (TPSA) is 69.6 Å². The molecular weight excluding hydrogens is 340 g/mol. The summed E-state index contributed by atoms with van der Waals surface area (Å²) in [5.74, 6) is 0.834. The molecule has 0 unspecified atom stereocenters. The molecule has 4 rings (SSSR count). The molecule has 0 amide bonds. The number of hydrogen-bond donors (Lipinski definition) is 3. The normalized spacial score (nSPS) is 15.6. The van der Waals surface area contributed by atoms with Gasteiger partial charge in [-0.3, -0.25) is 4.72 Å². The quantitative estimate of drug-likeness (QED) is 0.449. The third-order valence-electron chi connectivity index (χ3n) is 4.60. The van der Waals surface area contributed by atoms with E-state index < -0.39 is 0 Å². The zero-order valence-corrected chi connectivity index (χ0v) is 15.4. The van der Waals surface area contributed by atoms with Crippen molar-refractivity contribution in [1.82, 2.24) is 19.8 Å². The Labute approximate surface area is 149 Å². The molecule has 126 valence electrons. The summed E-state index contributed by atoms with van der Waals surface area (Å²) < 4.78 is 9.59. The molecule has 0 atom stereocenters. The van der Waals surface area contributed by atoms with Crippen LogP contribution in [0.2, 0.25) is 0 Å². The van der Waals surface area contributed by atoms with Crippen molar-refractivity contribution >= 4 is 35.2 Å². The predicted octanol–water partition coefficient (Wildman–Crippen LogP) is 5.04. The number of aryl methyl sites for hydroxylation is 2. The van der Waals surface area contributed by atoms with Gasteiger partial charge in [0.1, 0.15) is 5.76 Å². The van der Waals surface area contributed by atoms with Crippen LogP contribution in [0.5, 0.6) is 0 Å². The SMILES string of the molecule is Cc1noc(C)c1-c1cc(SNC2CCCC2)c2[nH]c(=S)[nH]c2c1. The zero-order chi connectivity index (χ0) is 16.7. The molecule has 0 radical (unpaired) electrons. The van der Waals surface area contributed by atoms with Crippen LogP contribution in [-0.4, -0.2) is 21.2 Å². The molecule has 1 saturated carbocycles. The molecule has 2 heterocycles. The molecular formula is C17H20N4OS2. The summed E-state index contributed by atoms with van der Waals surface area (Å²) >= 11 is 6.97. The van der Waals surface area contributed by atoms with Crippen LogP contribution < -0.4 is 4.72 Å². The van der Waals surface area contributed by atoms with Gasteiger partial charge in [-0.2, -0.15) is 0 Å². The molecule has 0 saturated heterocycles.